The molecule has 0 spiro atoms. The molecule has 0 radical (unpaired) electrons. The van der Waals surface area contributed by atoms with Crippen LogP contribution in [0, 0.1) is 17.8 Å². The Labute approximate surface area is 120 Å². The van der Waals surface area contributed by atoms with Gasteiger partial charge in [0.05, 0.1) is 12.7 Å². The van der Waals surface area contributed by atoms with Crippen LogP contribution in [0.15, 0.2) is 0 Å². The first kappa shape index (κ1) is 17.0. The first-order valence-electron chi connectivity index (χ1n) is 8.39. The Morgan fingerprint density at radius 3 is 2.05 bits per heavy atom. The van der Waals surface area contributed by atoms with Crippen LogP contribution in [0.3, 0.4) is 0 Å². The highest BCUT2D eigenvalue weighted by Gasteiger charge is 2.28. The first-order chi connectivity index (χ1) is 9.04. The largest absolute Gasteiger partial charge is 0.377 e. The van der Waals surface area contributed by atoms with Crippen molar-refractivity contribution in [2.45, 2.75) is 78.9 Å². The van der Waals surface area contributed by atoms with E-state index in [9.17, 15) is 0 Å². The second kappa shape index (κ2) is 8.97. The van der Waals surface area contributed by atoms with Crippen LogP contribution < -0.4 is 5.32 Å². The Kier molecular flexibility index (Phi) is 8.01. The molecule has 0 aromatic carbocycles. The monoisotopic (exact) mass is 269 g/mol. The van der Waals surface area contributed by atoms with Crippen molar-refractivity contribution in [2.24, 2.45) is 17.8 Å². The van der Waals surface area contributed by atoms with E-state index >= 15 is 0 Å². The predicted molar refractivity (Wildman–Crippen MR) is 83.5 cm³/mol. The van der Waals surface area contributed by atoms with E-state index < -0.39 is 0 Å². The molecule has 114 valence electrons. The lowest BCUT2D eigenvalue weighted by Crippen LogP contribution is -2.42. The van der Waals surface area contributed by atoms with Gasteiger partial charge >= 0.3 is 0 Å². The summed E-state index contributed by atoms with van der Waals surface area (Å²) in [6.07, 6.45) is 7.14. The first-order valence-corrected chi connectivity index (χ1v) is 8.39. The standard InChI is InChI=1S/C17H35NO/c1-6-11-18-17(12-19-14(4)5)16-9-7-15(8-10-16)13(2)3/h13-18H,6-12H2,1-5H3. The van der Waals surface area contributed by atoms with Gasteiger partial charge in [-0.25, -0.2) is 0 Å². The maximum absolute atomic E-state index is 5.87. The van der Waals surface area contributed by atoms with Gasteiger partial charge in [-0.3, -0.25) is 0 Å². The number of ether oxygens (including phenoxy) is 1. The Balaban J connectivity index is 2.41. The summed E-state index contributed by atoms with van der Waals surface area (Å²) in [4.78, 5) is 0. The van der Waals surface area contributed by atoms with E-state index in [2.05, 4.69) is 39.9 Å². The SMILES string of the molecule is CCCNC(COC(C)C)C1CCC(C(C)C)CC1. The summed E-state index contributed by atoms with van der Waals surface area (Å²) < 4.78 is 5.87. The summed E-state index contributed by atoms with van der Waals surface area (Å²) in [5.74, 6) is 2.63. The lowest BCUT2D eigenvalue weighted by atomic mass is 9.74. The molecular formula is C17H35NO. The van der Waals surface area contributed by atoms with Gasteiger partial charge in [-0.1, -0.05) is 20.8 Å². The zero-order valence-corrected chi connectivity index (χ0v) is 13.7. The molecule has 0 aliphatic heterocycles. The molecule has 0 saturated heterocycles. The minimum absolute atomic E-state index is 0.345. The molecule has 2 nitrogen and oxygen atoms in total. The quantitative estimate of drug-likeness (QED) is 0.711. The highest BCUT2D eigenvalue weighted by Crippen LogP contribution is 2.34. The second-order valence-corrected chi connectivity index (χ2v) is 6.86. The Bertz CT molecular complexity index is 219. The average Bonchev–Trinajstić information content (AvgIpc) is 2.39. The lowest BCUT2D eigenvalue weighted by molar-refractivity contribution is 0.0387. The van der Waals surface area contributed by atoms with E-state index in [4.69, 9.17) is 4.74 Å². The van der Waals surface area contributed by atoms with Gasteiger partial charge in [0.15, 0.2) is 0 Å². The maximum atomic E-state index is 5.87. The molecule has 0 amide bonds. The van der Waals surface area contributed by atoms with Crippen molar-refractivity contribution in [1.82, 2.24) is 5.32 Å². The summed E-state index contributed by atoms with van der Waals surface area (Å²) in [6.45, 7) is 13.3. The highest BCUT2D eigenvalue weighted by atomic mass is 16.5. The van der Waals surface area contributed by atoms with Gasteiger partial charge in [-0.2, -0.15) is 0 Å². The van der Waals surface area contributed by atoms with Gasteiger partial charge in [-0.15, -0.1) is 0 Å². The normalized spacial score (nSPS) is 26.1. The topological polar surface area (TPSA) is 21.3 Å². The smallest absolute Gasteiger partial charge is 0.0625 e. The minimum Gasteiger partial charge on any atom is -0.377 e. The van der Waals surface area contributed by atoms with Gasteiger partial charge in [0.2, 0.25) is 0 Å². The molecule has 0 heterocycles. The summed E-state index contributed by atoms with van der Waals surface area (Å²) in [5, 5.41) is 3.71. The van der Waals surface area contributed by atoms with Crippen molar-refractivity contribution >= 4 is 0 Å². The van der Waals surface area contributed by atoms with Crippen LogP contribution in [0.4, 0.5) is 0 Å². The van der Waals surface area contributed by atoms with Gasteiger partial charge in [0.25, 0.3) is 0 Å². The molecule has 0 aromatic rings. The van der Waals surface area contributed by atoms with E-state index in [1.807, 2.05) is 0 Å². The Morgan fingerprint density at radius 2 is 1.58 bits per heavy atom. The summed E-state index contributed by atoms with van der Waals surface area (Å²) in [7, 11) is 0. The van der Waals surface area contributed by atoms with E-state index in [0.29, 0.717) is 12.1 Å². The second-order valence-electron chi connectivity index (χ2n) is 6.86. The van der Waals surface area contributed by atoms with Crippen molar-refractivity contribution < 1.29 is 4.74 Å². The summed E-state index contributed by atoms with van der Waals surface area (Å²) in [6, 6.07) is 0.565. The lowest BCUT2D eigenvalue weighted by Gasteiger charge is -2.36. The maximum Gasteiger partial charge on any atom is 0.0625 e. The zero-order valence-electron chi connectivity index (χ0n) is 13.7. The Morgan fingerprint density at radius 1 is 1.00 bits per heavy atom. The zero-order chi connectivity index (χ0) is 14.3. The molecule has 1 saturated carbocycles. The molecule has 0 bridgehead atoms. The van der Waals surface area contributed by atoms with E-state index in [0.717, 1.165) is 30.9 Å². The van der Waals surface area contributed by atoms with E-state index in [1.54, 1.807) is 0 Å². The van der Waals surface area contributed by atoms with Crippen molar-refractivity contribution in [3.8, 4) is 0 Å². The van der Waals surface area contributed by atoms with Crippen LogP contribution in [0.1, 0.15) is 66.7 Å². The number of hydrogen-bond donors (Lipinski definition) is 1. The molecule has 1 N–H and O–H groups in total. The van der Waals surface area contributed by atoms with Crippen LogP contribution in [-0.2, 0) is 4.74 Å². The predicted octanol–water partition coefficient (Wildman–Crippen LogP) is 4.24. The fourth-order valence-electron chi connectivity index (χ4n) is 3.20. The fraction of sp³-hybridized carbons (Fsp3) is 1.00. The molecule has 1 aliphatic carbocycles. The van der Waals surface area contributed by atoms with Crippen LogP contribution in [-0.4, -0.2) is 25.3 Å². The molecule has 1 atom stereocenters. The van der Waals surface area contributed by atoms with Crippen molar-refractivity contribution in [2.75, 3.05) is 13.2 Å². The molecule has 1 unspecified atom stereocenters. The fourth-order valence-corrected chi connectivity index (χ4v) is 3.20. The van der Waals surface area contributed by atoms with Crippen LogP contribution >= 0.6 is 0 Å². The molecule has 1 fully saturated rings. The van der Waals surface area contributed by atoms with Crippen LogP contribution in [0.5, 0.6) is 0 Å². The summed E-state index contributed by atoms with van der Waals surface area (Å²) in [5.41, 5.74) is 0. The van der Waals surface area contributed by atoms with Crippen molar-refractivity contribution in [3.63, 3.8) is 0 Å². The number of rotatable bonds is 8. The number of nitrogens with one attached hydrogen (secondary N) is 1. The highest BCUT2D eigenvalue weighted by molar-refractivity contribution is 4.83. The molecule has 19 heavy (non-hydrogen) atoms. The number of hydrogen-bond acceptors (Lipinski definition) is 2. The van der Waals surface area contributed by atoms with Crippen LogP contribution in [0.2, 0.25) is 0 Å². The van der Waals surface area contributed by atoms with Gasteiger partial charge in [0, 0.05) is 6.04 Å². The van der Waals surface area contributed by atoms with Crippen molar-refractivity contribution in [3.05, 3.63) is 0 Å². The van der Waals surface area contributed by atoms with E-state index in [-0.39, 0.29) is 0 Å². The van der Waals surface area contributed by atoms with Gasteiger partial charge in [0.1, 0.15) is 0 Å². The Hall–Kier alpha value is -0.0800. The van der Waals surface area contributed by atoms with Crippen molar-refractivity contribution in [1.29, 1.82) is 0 Å². The third kappa shape index (κ3) is 6.27. The average molecular weight is 269 g/mol. The van der Waals surface area contributed by atoms with E-state index in [1.165, 1.54) is 32.1 Å². The molecule has 1 rings (SSSR count). The van der Waals surface area contributed by atoms with Gasteiger partial charge < -0.3 is 10.1 Å². The van der Waals surface area contributed by atoms with Crippen LogP contribution in [0.25, 0.3) is 0 Å². The third-order valence-corrected chi connectivity index (χ3v) is 4.59. The molecular weight excluding hydrogens is 234 g/mol. The van der Waals surface area contributed by atoms with Gasteiger partial charge in [-0.05, 0) is 70.3 Å². The minimum atomic E-state index is 0.345. The summed E-state index contributed by atoms with van der Waals surface area (Å²) >= 11 is 0. The molecule has 2 heteroatoms. The molecule has 0 aromatic heterocycles. The molecule has 1 aliphatic rings. The third-order valence-electron chi connectivity index (χ3n) is 4.59.